The number of rotatable bonds is 5. The van der Waals surface area contributed by atoms with E-state index in [1.54, 1.807) is 29.5 Å². The zero-order valence-corrected chi connectivity index (χ0v) is 15.7. The van der Waals surface area contributed by atoms with E-state index in [2.05, 4.69) is 28.9 Å². The van der Waals surface area contributed by atoms with Gasteiger partial charge in [-0.2, -0.15) is 0 Å². The number of aromatic nitrogens is 1. The Balaban J connectivity index is 1.66. The first-order chi connectivity index (χ1) is 13.1. The van der Waals surface area contributed by atoms with Crippen LogP contribution in [0.25, 0.3) is 10.2 Å². The maximum absolute atomic E-state index is 13.8. The smallest absolute Gasteiger partial charge is 0.268 e. The van der Waals surface area contributed by atoms with Crippen LogP contribution in [-0.2, 0) is 6.54 Å². The first-order valence-corrected chi connectivity index (χ1v) is 9.68. The first-order valence-electron chi connectivity index (χ1n) is 8.80. The van der Waals surface area contributed by atoms with Crippen LogP contribution < -0.4 is 5.32 Å². The number of hydrogen-bond acceptors (Lipinski definition) is 2. The van der Waals surface area contributed by atoms with Crippen molar-refractivity contribution in [2.75, 3.05) is 0 Å². The number of carbonyl (C=O) groups is 1. The summed E-state index contributed by atoms with van der Waals surface area (Å²) in [4.78, 5) is 12.9. The van der Waals surface area contributed by atoms with E-state index in [1.807, 2.05) is 35.7 Å². The van der Waals surface area contributed by atoms with Crippen LogP contribution in [0.1, 0.15) is 34.6 Å². The van der Waals surface area contributed by atoms with Gasteiger partial charge < -0.3 is 9.88 Å². The predicted molar refractivity (Wildman–Crippen MR) is 108 cm³/mol. The number of amides is 1. The molecule has 0 aliphatic heterocycles. The third-order valence-electron chi connectivity index (χ3n) is 4.76. The Morgan fingerprint density at radius 1 is 1.11 bits per heavy atom. The number of halogens is 1. The number of benzene rings is 2. The van der Waals surface area contributed by atoms with E-state index >= 15 is 0 Å². The van der Waals surface area contributed by atoms with Crippen LogP contribution in [0.5, 0.6) is 0 Å². The molecule has 0 unspecified atom stereocenters. The van der Waals surface area contributed by atoms with E-state index < -0.39 is 0 Å². The fourth-order valence-electron chi connectivity index (χ4n) is 3.33. The topological polar surface area (TPSA) is 34.0 Å². The molecule has 4 aromatic rings. The number of fused-ring (bicyclic) bond motifs is 1. The Kier molecular flexibility index (Phi) is 4.77. The third kappa shape index (κ3) is 3.38. The highest BCUT2D eigenvalue weighted by Crippen LogP contribution is 2.31. The summed E-state index contributed by atoms with van der Waals surface area (Å²) in [5.41, 5.74) is 3.23. The van der Waals surface area contributed by atoms with Gasteiger partial charge in [0, 0.05) is 12.1 Å². The van der Waals surface area contributed by atoms with Crippen LogP contribution in [0.3, 0.4) is 0 Å². The van der Waals surface area contributed by atoms with Crippen molar-refractivity contribution in [2.24, 2.45) is 0 Å². The summed E-state index contributed by atoms with van der Waals surface area (Å²) in [7, 11) is 0. The predicted octanol–water partition coefficient (Wildman–Crippen LogP) is 5.38. The molecule has 136 valence electrons. The highest BCUT2D eigenvalue weighted by atomic mass is 32.1. The van der Waals surface area contributed by atoms with E-state index in [9.17, 15) is 9.18 Å². The molecule has 0 saturated heterocycles. The highest BCUT2D eigenvalue weighted by molar-refractivity contribution is 7.17. The minimum atomic E-state index is -0.313. The SMILES string of the molecule is C[C@H](c1ccccc1)n1c(C(=O)NCc2ccccc2F)cc2sccc21. The van der Waals surface area contributed by atoms with Gasteiger partial charge in [-0.15, -0.1) is 11.3 Å². The number of nitrogens with one attached hydrogen (secondary N) is 1. The number of carbonyl (C=O) groups excluding carboxylic acids is 1. The number of thiophene rings is 1. The van der Waals surface area contributed by atoms with Gasteiger partial charge in [-0.25, -0.2) is 4.39 Å². The molecule has 27 heavy (non-hydrogen) atoms. The van der Waals surface area contributed by atoms with E-state index in [-0.39, 0.29) is 24.3 Å². The van der Waals surface area contributed by atoms with Crippen LogP contribution in [0.15, 0.2) is 72.1 Å². The van der Waals surface area contributed by atoms with Gasteiger partial charge >= 0.3 is 0 Å². The molecular weight excluding hydrogens is 359 g/mol. The van der Waals surface area contributed by atoms with Gasteiger partial charge in [0.05, 0.1) is 16.3 Å². The molecule has 1 atom stereocenters. The Hall–Kier alpha value is -2.92. The molecule has 0 bridgehead atoms. The van der Waals surface area contributed by atoms with Gasteiger partial charge in [-0.3, -0.25) is 4.79 Å². The van der Waals surface area contributed by atoms with Crippen molar-refractivity contribution in [2.45, 2.75) is 19.5 Å². The van der Waals surface area contributed by atoms with Crippen molar-refractivity contribution in [3.8, 4) is 0 Å². The van der Waals surface area contributed by atoms with Crippen LogP contribution >= 0.6 is 11.3 Å². The summed E-state index contributed by atoms with van der Waals surface area (Å²) in [6.07, 6.45) is 0. The van der Waals surface area contributed by atoms with Crippen LogP contribution in [-0.4, -0.2) is 10.5 Å². The fraction of sp³-hybridized carbons (Fsp3) is 0.136. The maximum atomic E-state index is 13.8. The molecule has 2 aromatic carbocycles. The summed E-state index contributed by atoms with van der Waals surface area (Å²) >= 11 is 1.61. The fourth-order valence-corrected chi connectivity index (χ4v) is 4.14. The van der Waals surface area contributed by atoms with Crippen molar-refractivity contribution in [3.63, 3.8) is 0 Å². The Morgan fingerprint density at radius 2 is 1.85 bits per heavy atom. The molecule has 2 heterocycles. The van der Waals surface area contributed by atoms with Crippen molar-refractivity contribution in [3.05, 3.63) is 94.7 Å². The Labute approximate surface area is 161 Å². The number of hydrogen-bond donors (Lipinski definition) is 1. The number of nitrogens with zero attached hydrogens (tertiary/aromatic N) is 1. The molecule has 5 heteroatoms. The molecule has 2 aromatic heterocycles. The molecule has 0 saturated carbocycles. The minimum Gasteiger partial charge on any atom is -0.347 e. The lowest BCUT2D eigenvalue weighted by atomic mass is 10.1. The molecular formula is C22H19FN2OS. The van der Waals surface area contributed by atoms with Gasteiger partial charge in [0.15, 0.2) is 0 Å². The zero-order valence-electron chi connectivity index (χ0n) is 14.9. The van der Waals surface area contributed by atoms with Crippen molar-refractivity contribution in [1.29, 1.82) is 0 Å². The minimum absolute atomic E-state index is 0.00695. The summed E-state index contributed by atoms with van der Waals surface area (Å²) in [5.74, 6) is -0.517. The average Bonchev–Trinajstić information content (AvgIpc) is 3.28. The van der Waals surface area contributed by atoms with Crippen LogP contribution in [0.4, 0.5) is 4.39 Å². The summed E-state index contributed by atoms with van der Waals surface area (Å²) in [6.45, 7) is 2.24. The molecule has 0 fully saturated rings. The molecule has 1 amide bonds. The normalized spacial score (nSPS) is 12.2. The molecule has 4 rings (SSSR count). The van der Waals surface area contributed by atoms with Crippen molar-refractivity contribution < 1.29 is 9.18 Å². The first kappa shape index (κ1) is 17.5. The second kappa shape index (κ2) is 7.37. The van der Waals surface area contributed by atoms with E-state index in [0.717, 1.165) is 15.8 Å². The van der Waals surface area contributed by atoms with E-state index in [0.29, 0.717) is 11.3 Å². The van der Waals surface area contributed by atoms with E-state index in [1.165, 1.54) is 6.07 Å². The lowest BCUT2D eigenvalue weighted by Gasteiger charge is -2.19. The lowest BCUT2D eigenvalue weighted by molar-refractivity contribution is 0.0941. The quantitative estimate of drug-likeness (QED) is 0.497. The van der Waals surface area contributed by atoms with Crippen molar-refractivity contribution in [1.82, 2.24) is 9.88 Å². The summed E-state index contributed by atoms with van der Waals surface area (Å²) < 4.78 is 17.0. The molecule has 3 nitrogen and oxygen atoms in total. The molecule has 0 aliphatic rings. The van der Waals surface area contributed by atoms with Crippen LogP contribution in [0.2, 0.25) is 0 Å². The second-order valence-corrected chi connectivity index (χ2v) is 7.38. The summed E-state index contributed by atoms with van der Waals surface area (Å²) in [6, 6.07) is 20.5. The monoisotopic (exact) mass is 378 g/mol. The van der Waals surface area contributed by atoms with E-state index in [4.69, 9.17) is 0 Å². The largest absolute Gasteiger partial charge is 0.347 e. The third-order valence-corrected chi connectivity index (χ3v) is 5.61. The second-order valence-electron chi connectivity index (χ2n) is 6.43. The maximum Gasteiger partial charge on any atom is 0.268 e. The highest BCUT2D eigenvalue weighted by Gasteiger charge is 2.21. The van der Waals surface area contributed by atoms with Gasteiger partial charge in [0.2, 0.25) is 0 Å². The molecule has 0 spiro atoms. The van der Waals surface area contributed by atoms with Crippen molar-refractivity contribution >= 4 is 27.5 Å². The molecule has 0 radical (unpaired) electrons. The van der Waals surface area contributed by atoms with Crippen LogP contribution in [0, 0.1) is 5.82 Å². The average molecular weight is 378 g/mol. The molecule has 0 aliphatic carbocycles. The summed E-state index contributed by atoms with van der Waals surface area (Å²) in [5, 5.41) is 4.89. The molecule has 1 N–H and O–H groups in total. The Bertz CT molecular complexity index is 1080. The Morgan fingerprint density at radius 3 is 2.63 bits per heavy atom. The van der Waals surface area contributed by atoms with Gasteiger partial charge in [-0.1, -0.05) is 48.5 Å². The van der Waals surface area contributed by atoms with Gasteiger partial charge in [0.1, 0.15) is 11.5 Å². The standard InChI is InChI=1S/C22H19FN2OS/c1-15(16-7-3-2-4-8-16)25-19-11-12-27-21(19)13-20(25)22(26)24-14-17-9-5-6-10-18(17)23/h2-13,15H,14H2,1H3,(H,24,26)/t15-/m1/s1. The van der Waals surface area contributed by atoms with Gasteiger partial charge in [-0.05, 0) is 36.1 Å². The lowest BCUT2D eigenvalue weighted by Crippen LogP contribution is -2.27. The zero-order chi connectivity index (χ0) is 18.8. The van der Waals surface area contributed by atoms with Gasteiger partial charge in [0.25, 0.3) is 5.91 Å².